The molecule has 2 aromatic carbocycles. The number of nitrogens with zero attached hydrogens (tertiary/aromatic N) is 3. The highest BCUT2D eigenvalue weighted by Crippen LogP contribution is 2.22. The SMILES string of the molecule is O=C(CCCCCNC(=O)c1cnccn1)N[C@@H](c1ccccc1)c1nc2ccccc2[nH]1. The fraction of sp³-hybridized carbons (Fsp3) is 0.240. The predicted octanol–water partition coefficient (Wildman–Crippen LogP) is 3.55. The number of H-pyrrole nitrogens is 1. The van der Waals surface area contributed by atoms with Gasteiger partial charge in [0.1, 0.15) is 17.6 Å². The molecule has 0 aliphatic rings. The summed E-state index contributed by atoms with van der Waals surface area (Å²) in [5.74, 6) is 0.438. The highest BCUT2D eigenvalue weighted by Gasteiger charge is 2.20. The number of carbonyl (C=O) groups excluding carboxylic acids is 2. The molecule has 0 unspecified atom stereocenters. The third kappa shape index (κ3) is 6.00. The van der Waals surface area contributed by atoms with Gasteiger partial charge in [-0.25, -0.2) is 9.97 Å². The zero-order valence-corrected chi connectivity index (χ0v) is 18.2. The van der Waals surface area contributed by atoms with Crippen molar-refractivity contribution in [2.24, 2.45) is 0 Å². The Morgan fingerprint density at radius 2 is 1.76 bits per heavy atom. The van der Waals surface area contributed by atoms with Gasteiger partial charge in [-0.3, -0.25) is 14.6 Å². The van der Waals surface area contributed by atoms with Crippen LogP contribution in [0.15, 0.2) is 73.2 Å². The lowest BCUT2D eigenvalue weighted by atomic mass is 10.1. The number of unbranched alkanes of at least 4 members (excludes halogenated alkanes) is 2. The summed E-state index contributed by atoms with van der Waals surface area (Å²) in [6.07, 6.45) is 7.20. The summed E-state index contributed by atoms with van der Waals surface area (Å²) < 4.78 is 0. The molecular formula is C25H26N6O2. The molecule has 33 heavy (non-hydrogen) atoms. The van der Waals surface area contributed by atoms with Crippen LogP contribution in [0, 0.1) is 0 Å². The van der Waals surface area contributed by atoms with E-state index < -0.39 is 0 Å². The van der Waals surface area contributed by atoms with E-state index in [2.05, 4.69) is 30.6 Å². The third-order valence-electron chi connectivity index (χ3n) is 5.28. The van der Waals surface area contributed by atoms with Crippen LogP contribution in [0.3, 0.4) is 0 Å². The molecule has 0 aliphatic heterocycles. The van der Waals surface area contributed by atoms with Crippen molar-refractivity contribution in [3.05, 3.63) is 90.3 Å². The number of aromatic amines is 1. The predicted molar refractivity (Wildman–Crippen MR) is 125 cm³/mol. The van der Waals surface area contributed by atoms with Gasteiger partial charge in [-0.1, -0.05) is 48.9 Å². The van der Waals surface area contributed by atoms with Crippen molar-refractivity contribution in [1.29, 1.82) is 0 Å². The van der Waals surface area contributed by atoms with Crippen molar-refractivity contribution in [2.45, 2.75) is 31.7 Å². The number of amides is 2. The van der Waals surface area contributed by atoms with E-state index in [1.807, 2.05) is 54.6 Å². The molecule has 0 radical (unpaired) electrons. The van der Waals surface area contributed by atoms with Gasteiger partial charge < -0.3 is 15.6 Å². The van der Waals surface area contributed by atoms with Gasteiger partial charge in [0, 0.05) is 25.4 Å². The molecule has 8 nitrogen and oxygen atoms in total. The highest BCUT2D eigenvalue weighted by atomic mass is 16.2. The molecule has 0 spiro atoms. The van der Waals surface area contributed by atoms with Gasteiger partial charge >= 0.3 is 0 Å². The van der Waals surface area contributed by atoms with E-state index in [0.29, 0.717) is 24.5 Å². The van der Waals surface area contributed by atoms with Gasteiger partial charge in [-0.15, -0.1) is 0 Å². The maximum absolute atomic E-state index is 12.7. The number of benzene rings is 2. The largest absolute Gasteiger partial charge is 0.351 e. The molecule has 0 saturated carbocycles. The molecule has 3 N–H and O–H groups in total. The van der Waals surface area contributed by atoms with Crippen LogP contribution in [-0.2, 0) is 4.79 Å². The van der Waals surface area contributed by atoms with Crippen LogP contribution in [0.4, 0.5) is 0 Å². The van der Waals surface area contributed by atoms with Gasteiger partial charge in [-0.2, -0.15) is 0 Å². The van der Waals surface area contributed by atoms with Crippen LogP contribution in [0.1, 0.15) is 53.6 Å². The molecule has 0 saturated heterocycles. The summed E-state index contributed by atoms with van der Waals surface area (Å²) in [5.41, 5.74) is 3.07. The van der Waals surface area contributed by atoms with E-state index in [1.165, 1.54) is 18.6 Å². The first kappa shape index (κ1) is 22.1. The Bertz CT molecular complexity index is 1160. The van der Waals surface area contributed by atoms with Crippen molar-refractivity contribution in [1.82, 2.24) is 30.6 Å². The summed E-state index contributed by atoms with van der Waals surface area (Å²) in [7, 11) is 0. The van der Waals surface area contributed by atoms with E-state index in [0.717, 1.165) is 35.9 Å². The second kappa shape index (κ2) is 11.0. The molecule has 0 aliphatic carbocycles. The smallest absolute Gasteiger partial charge is 0.271 e. The van der Waals surface area contributed by atoms with E-state index in [4.69, 9.17) is 0 Å². The van der Waals surface area contributed by atoms with Crippen LogP contribution in [0.25, 0.3) is 11.0 Å². The van der Waals surface area contributed by atoms with Crippen molar-refractivity contribution < 1.29 is 9.59 Å². The fourth-order valence-electron chi connectivity index (χ4n) is 3.59. The minimum atomic E-state index is -0.350. The summed E-state index contributed by atoms with van der Waals surface area (Å²) in [5, 5.41) is 5.94. The average molecular weight is 443 g/mol. The second-order valence-electron chi connectivity index (χ2n) is 7.71. The van der Waals surface area contributed by atoms with Crippen LogP contribution in [0.2, 0.25) is 0 Å². The van der Waals surface area contributed by atoms with Crippen LogP contribution in [0.5, 0.6) is 0 Å². The Kier molecular flexibility index (Phi) is 7.37. The quantitative estimate of drug-likeness (QED) is 0.325. The lowest BCUT2D eigenvalue weighted by Gasteiger charge is -2.17. The van der Waals surface area contributed by atoms with Gasteiger partial charge in [0.05, 0.1) is 17.2 Å². The maximum atomic E-state index is 12.7. The number of imidazole rings is 1. The Balaban J connectivity index is 1.27. The summed E-state index contributed by atoms with van der Waals surface area (Å²) in [6.45, 7) is 0.530. The number of fused-ring (bicyclic) bond motifs is 1. The molecule has 0 bridgehead atoms. The molecule has 0 fully saturated rings. The standard InChI is InChI=1S/C25H26N6O2/c32-22(13-5-2-8-14-28-25(33)21-17-26-15-16-27-21)31-23(18-9-3-1-4-10-18)24-29-19-11-6-7-12-20(19)30-24/h1,3-4,6-7,9-12,15-17,23H,2,5,8,13-14H2,(H,28,33)(H,29,30)(H,31,32)/t23-/m0/s1. The minimum absolute atomic E-state index is 0.0343. The van der Waals surface area contributed by atoms with Crippen LogP contribution in [-0.4, -0.2) is 38.3 Å². The van der Waals surface area contributed by atoms with Crippen molar-refractivity contribution >= 4 is 22.8 Å². The molecule has 8 heteroatoms. The number of para-hydroxylation sites is 2. The number of hydrogen-bond donors (Lipinski definition) is 3. The minimum Gasteiger partial charge on any atom is -0.351 e. The third-order valence-corrected chi connectivity index (χ3v) is 5.28. The summed E-state index contributed by atoms with van der Waals surface area (Å²) in [6, 6.07) is 17.3. The van der Waals surface area contributed by atoms with Gasteiger partial charge in [0.2, 0.25) is 5.91 Å². The molecule has 2 heterocycles. The average Bonchev–Trinajstić information content (AvgIpc) is 3.29. The molecule has 168 valence electrons. The lowest BCUT2D eigenvalue weighted by Crippen LogP contribution is -2.30. The summed E-state index contributed by atoms with van der Waals surface area (Å²) in [4.78, 5) is 40.5. The maximum Gasteiger partial charge on any atom is 0.271 e. The lowest BCUT2D eigenvalue weighted by molar-refractivity contribution is -0.121. The summed E-state index contributed by atoms with van der Waals surface area (Å²) >= 11 is 0. The van der Waals surface area contributed by atoms with E-state index >= 15 is 0 Å². The number of aromatic nitrogens is 4. The Morgan fingerprint density at radius 3 is 2.55 bits per heavy atom. The Morgan fingerprint density at radius 1 is 0.939 bits per heavy atom. The van der Waals surface area contributed by atoms with Gasteiger partial charge in [0.15, 0.2) is 0 Å². The fourth-order valence-corrected chi connectivity index (χ4v) is 3.59. The van der Waals surface area contributed by atoms with Crippen LogP contribution < -0.4 is 10.6 Å². The topological polar surface area (TPSA) is 113 Å². The Hall–Kier alpha value is -4.07. The molecule has 4 aromatic rings. The van der Waals surface area contributed by atoms with Crippen molar-refractivity contribution in [3.8, 4) is 0 Å². The first-order valence-corrected chi connectivity index (χ1v) is 11.0. The van der Waals surface area contributed by atoms with Gasteiger partial charge in [-0.05, 0) is 30.5 Å². The zero-order chi connectivity index (χ0) is 22.9. The molecular weight excluding hydrogens is 416 g/mol. The molecule has 1 atom stereocenters. The second-order valence-corrected chi connectivity index (χ2v) is 7.71. The van der Waals surface area contributed by atoms with E-state index in [1.54, 1.807) is 0 Å². The first-order valence-electron chi connectivity index (χ1n) is 11.0. The molecule has 2 amide bonds. The monoisotopic (exact) mass is 442 g/mol. The normalized spacial score (nSPS) is 11.8. The van der Waals surface area contributed by atoms with E-state index in [9.17, 15) is 9.59 Å². The zero-order valence-electron chi connectivity index (χ0n) is 18.2. The number of hydrogen-bond acceptors (Lipinski definition) is 5. The van der Waals surface area contributed by atoms with Crippen molar-refractivity contribution in [2.75, 3.05) is 6.54 Å². The highest BCUT2D eigenvalue weighted by molar-refractivity contribution is 5.91. The Labute approximate surface area is 191 Å². The van der Waals surface area contributed by atoms with Gasteiger partial charge in [0.25, 0.3) is 5.91 Å². The van der Waals surface area contributed by atoms with Crippen LogP contribution >= 0.6 is 0 Å². The molecule has 2 aromatic heterocycles. The van der Waals surface area contributed by atoms with E-state index in [-0.39, 0.29) is 17.9 Å². The number of carbonyl (C=O) groups is 2. The number of nitrogens with one attached hydrogen (secondary N) is 3. The van der Waals surface area contributed by atoms with Crippen molar-refractivity contribution in [3.63, 3.8) is 0 Å². The molecule has 4 rings (SSSR count). The number of rotatable bonds is 10. The first-order chi connectivity index (χ1) is 16.2.